The first-order valence-corrected chi connectivity index (χ1v) is 5.95. The molecule has 0 amide bonds. The van der Waals surface area contributed by atoms with E-state index in [9.17, 15) is 4.79 Å². The fraction of sp³-hybridized carbons (Fsp3) is 0.267. The first-order valence-electron chi connectivity index (χ1n) is 5.95. The Morgan fingerprint density at radius 3 is 2.76 bits per heavy atom. The van der Waals surface area contributed by atoms with Crippen molar-refractivity contribution in [3.8, 4) is 0 Å². The van der Waals surface area contributed by atoms with Gasteiger partial charge in [-0.15, -0.1) is 0 Å². The maximum Gasteiger partial charge on any atom is 0.166 e. The van der Waals surface area contributed by atoms with E-state index in [1.54, 1.807) is 6.08 Å². The van der Waals surface area contributed by atoms with E-state index in [-0.39, 0.29) is 11.7 Å². The Balaban J connectivity index is 1.51. The average molecular weight is 226 g/mol. The number of carbonyl (C=O) groups excluding carboxylic acids is 1. The molecule has 0 N–H and O–H groups in total. The van der Waals surface area contributed by atoms with Crippen LogP contribution in [-0.4, -0.2) is 12.4 Å². The molecule has 1 aromatic carbocycles. The van der Waals surface area contributed by atoms with Gasteiger partial charge >= 0.3 is 0 Å². The zero-order valence-corrected chi connectivity index (χ0v) is 9.50. The number of ether oxygens (including phenoxy) is 1. The summed E-state index contributed by atoms with van der Waals surface area (Å²) in [5.41, 5.74) is 1.26. The number of hydrogen-bond donors (Lipinski definition) is 0. The molecule has 2 atom stereocenters. The van der Waals surface area contributed by atoms with Crippen LogP contribution in [0.3, 0.4) is 0 Å². The lowest BCUT2D eigenvalue weighted by Crippen LogP contribution is -2.27. The molecule has 0 heterocycles. The van der Waals surface area contributed by atoms with E-state index in [2.05, 4.69) is 12.1 Å². The standard InChI is InChI=1S/C15H14O2/c16-13-7-6-12-10-14(15(12)13)17-9-8-11-4-2-1-3-5-11/h1-7,10,12,15H,8-9H2. The van der Waals surface area contributed by atoms with Crippen LogP contribution in [-0.2, 0) is 16.0 Å². The molecule has 0 bridgehead atoms. The first-order chi connectivity index (χ1) is 8.34. The van der Waals surface area contributed by atoms with Crippen molar-refractivity contribution in [3.05, 3.63) is 59.9 Å². The molecule has 17 heavy (non-hydrogen) atoms. The van der Waals surface area contributed by atoms with Crippen LogP contribution in [0, 0.1) is 11.8 Å². The molecule has 2 unspecified atom stereocenters. The molecule has 3 rings (SSSR count). The summed E-state index contributed by atoms with van der Waals surface area (Å²) in [7, 11) is 0. The van der Waals surface area contributed by atoms with Gasteiger partial charge < -0.3 is 4.74 Å². The largest absolute Gasteiger partial charge is 0.497 e. The smallest absolute Gasteiger partial charge is 0.166 e. The van der Waals surface area contributed by atoms with Crippen molar-refractivity contribution >= 4 is 5.78 Å². The van der Waals surface area contributed by atoms with Crippen LogP contribution in [0.1, 0.15) is 5.56 Å². The van der Waals surface area contributed by atoms with Crippen molar-refractivity contribution in [2.24, 2.45) is 11.8 Å². The van der Waals surface area contributed by atoms with Gasteiger partial charge in [0.05, 0.1) is 12.5 Å². The lowest BCUT2D eigenvalue weighted by atomic mass is 9.82. The van der Waals surface area contributed by atoms with Crippen LogP contribution in [0.25, 0.3) is 0 Å². The Morgan fingerprint density at radius 1 is 1.18 bits per heavy atom. The second-order valence-electron chi connectivity index (χ2n) is 4.47. The second-order valence-corrected chi connectivity index (χ2v) is 4.47. The van der Waals surface area contributed by atoms with Crippen LogP contribution in [0.15, 0.2) is 54.3 Å². The van der Waals surface area contributed by atoms with Gasteiger partial charge in [0.15, 0.2) is 5.78 Å². The SMILES string of the molecule is O=C1C=CC2C=C(OCCc3ccccc3)C12. The zero-order chi connectivity index (χ0) is 11.7. The molecule has 2 nitrogen and oxygen atoms in total. The molecule has 1 aromatic rings. The first kappa shape index (κ1) is 10.3. The van der Waals surface area contributed by atoms with E-state index in [1.807, 2.05) is 30.4 Å². The summed E-state index contributed by atoms with van der Waals surface area (Å²) in [6.45, 7) is 0.645. The van der Waals surface area contributed by atoms with Crippen LogP contribution < -0.4 is 0 Å². The van der Waals surface area contributed by atoms with Crippen molar-refractivity contribution in [2.75, 3.05) is 6.61 Å². The van der Waals surface area contributed by atoms with Crippen LogP contribution in [0.5, 0.6) is 0 Å². The molecule has 2 aliphatic rings. The maximum absolute atomic E-state index is 11.5. The minimum atomic E-state index is -0.00854. The zero-order valence-electron chi connectivity index (χ0n) is 9.50. The minimum Gasteiger partial charge on any atom is -0.497 e. The van der Waals surface area contributed by atoms with Gasteiger partial charge in [-0.3, -0.25) is 4.79 Å². The number of allylic oxidation sites excluding steroid dienone is 4. The molecular weight excluding hydrogens is 212 g/mol. The highest BCUT2D eigenvalue weighted by Gasteiger charge is 2.40. The molecule has 0 saturated carbocycles. The molecule has 86 valence electrons. The van der Waals surface area contributed by atoms with Crippen molar-refractivity contribution in [1.29, 1.82) is 0 Å². The highest BCUT2D eigenvalue weighted by molar-refractivity contribution is 5.98. The third-order valence-electron chi connectivity index (χ3n) is 3.34. The number of rotatable bonds is 4. The number of fused-ring (bicyclic) bond motifs is 1. The van der Waals surface area contributed by atoms with Gasteiger partial charge in [0.2, 0.25) is 0 Å². The Hall–Kier alpha value is -1.83. The monoisotopic (exact) mass is 226 g/mol. The predicted octanol–water partition coefficient (Wildman–Crippen LogP) is 2.51. The molecule has 0 aromatic heterocycles. The molecule has 0 saturated heterocycles. The highest BCUT2D eigenvalue weighted by Crippen LogP contribution is 2.40. The normalized spacial score (nSPS) is 25.2. The van der Waals surface area contributed by atoms with E-state index < -0.39 is 0 Å². The summed E-state index contributed by atoms with van der Waals surface area (Å²) in [5.74, 6) is 1.34. The Kier molecular flexibility index (Phi) is 2.56. The molecule has 2 heteroatoms. The number of ketones is 1. The van der Waals surface area contributed by atoms with Gasteiger partial charge in [0.25, 0.3) is 0 Å². The number of carbonyl (C=O) groups is 1. The van der Waals surface area contributed by atoms with E-state index >= 15 is 0 Å². The Bertz CT molecular complexity index is 485. The number of hydrogen-bond acceptors (Lipinski definition) is 2. The van der Waals surface area contributed by atoms with Crippen molar-refractivity contribution in [2.45, 2.75) is 6.42 Å². The maximum atomic E-state index is 11.5. The highest BCUT2D eigenvalue weighted by atomic mass is 16.5. The van der Waals surface area contributed by atoms with E-state index in [1.165, 1.54) is 5.56 Å². The third-order valence-corrected chi connectivity index (χ3v) is 3.34. The molecule has 0 spiro atoms. The fourth-order valence-corrected chi connectivity index (χ4v) is 2.34. The number of benzene rings is 1. The van der Waals surface area contributed by atoms with Gasteiger partial charge in [-0.1, -0.05) is 36.4 Å². The van der Waals surface area contributed by atoms with Crippen LogP contribution in [0.4, 0.5) is 0 Å². The summed E-state index contributed by atoms with van der Waals surface area (Å²) in [6, 6.07) is 10.2. The van der Waals surface area contributed by atoms with Crippen molar-refractivity contribution in [1.82, 2.24) is 0 Å². The summed E-state index contributed by atoms with van der Waals surface area (Å²) in [6.07, 6.45) is 6.55. The van der Waals surface area contributed by atoms with Gasteiger partial charge in [-0.25, -0.2) is 0 Å². The third kappa shape index (κ3) is 1.91. The van der Waals surface area contributed by atoms with E-state index in [0.29, 0.717) is 12.5 Å². The Labute approximate surface area is 101 Å². The summed E-state index contributed by atoms with van der Waals surface area (Å²) in [4.78, 5) is 11.5. The summed E-state index contributed by atoms with van der Waals surface area (Å²) < 4.78 is 5.67. The quantitative estimate of drug-likeness (QED) is 0.788. The Morgan fingerprint density at radius 2 is 2.00 bits per heavy atom. The van der Waals surface area contributed by atoms with E-state index in [0.717, 1.165) is 12.2 Å². The molecule has 0 aliphatic heterocycles. The predicted molar refractivity (Wildman–Crippen MR) is 65.3 cm³/mol. The second kappa shape index (κ2) is 4.21. The van der Waals surface area contributed by atoms with Gasteiger partial charge in [-0.2, -0.15) is 0 Å². The molecule has 0 fully saturated rings. The van der Waals surface area contributed by atoms with Crippen molar-refractivity contribution in [3.63, 3.8) is 0 Å². The molecule has 2 aliphatic carbocycles. The van der Waals surface area contributed by atoms with Crippen molar-refractivity contribution < 1.29 is 9.53 Å². The molecular formula is C15H14O2. The topological polar surface area (TPSA) is 26.3 Å². The van der Waals surface area contributed by atoms with Gasteiger partial charge in [0.1, 0.15) is 5.76 Å². The lowest BCUT2D eigenvalue weighted by Gasteiger charge is -2.28. The summed E-state index contributed by atoms with van der Waals surface area (Å²) in [5, 5.41) is 0. The van der Waals surface area contributed by atoms with Gasteiger partial charge in [-0.05, 0) is 17.7 Å². The van der Waals surface area contributed by atoms with Gasteiger partial charge in [0, 0.05) is 12.3 Å². The van der Waals surface area contributed by atoms with Crippen LogP contribution >= 0.6 is 0 Å². The fourth-order valence-electron chi connectivity index (χ4n) is 2.34. The average Bonchev–Trinajstić information content (AvgIpc) is 2.61. The van der Waals surface area contributed by atoms with E-state index in [4.69, 9.17) is 4.74 Å². The van der Waals surface area contributed by atoms with Crippen LogP contribution in [0.2, 0.25) is 0 Å². The summed E-state index contributed by atoms with van der Waals surface area (Å²) >= 11 is 0. The minimum absolute atomic E-state index is 0.00854. The lowest BCUT2D eigenvalue weighted by molar-refractivity contribution is -0.118. The molecule has 0 radical (unpaired) electrons.